The van der Waals surface area contributed by atoms with Crippen LogP contribution in [0.1, 0.15) is 55.0 Å². The predicted octanol–water partition coefficient (Wildman–Crippen LogP) is 7.57. The van der Waals surface area contributed by atoms with E-state index in [4.69, 9.17) is 28.7 Å². The van der Waals surface area contributed by atoms with Crippen molar-refractivity contribution in [1.29, 1.82) is 0 Å². The van der Waals surface area contributed by atoms with Crippen molar-refractivity contribution in [3.8, 4) is 28.5 Å². The Kier molecular flexibility index (Phi) is 11.8. The van der Waals surface area contributed by atoms with Crippen molar-refractivity contribution in [1.82, 2.24) is 4.98 Å². The highest BCUT2D eigenvalue weighted by Gasteiger charge is 2.20. The van der Waals surface area contributed by atoms with Gasteiger partial charge in [0.1, 0.15) is 24.7 Å². The molecule has 236 valence electrons. The number of carbonyl (C=O) groups excluding carboxylic acids is 1. The van der Waals surface area contributed by atoms with Gasteiger partial charge in [-0.05, 0) is 72.9 Å². The van der Waals surface area contributed by atoms with Gasteiger partial charge in [0.15, 0.2) is 6.61 Å². The number of benzene rings is 3. The third-order valence-corrected chi connectivity index (χ3v) is 7.90. The van der Waals surface area contributed by atoms with Crippen LogP contribution in [0.4, 0.5) is 0 Å². The molecule has 1 aliphatic rings. The Balaban J connectivity index is 1.47. The first-order valence-electron chi connectivity index (χ1n) is 15.9. The minimum absolute atomic E-state index is 0.0662. The van der Waals surface area contributed by atoms with Crippen LogP contribution >= 0.6 is 0 Å². The van der Waals surface area contributed by atoms with Gasteiger partial charge in [-0.3, -0.25) is 0 Å². The maximum absolute atomic E-state index is 11.6. The molecule has 1 fully saturated rings. The van der Waals surface area contributed by atoms with Gasteiger partial charge in [0.25, 0.3) is 0 Å². The van der Waals surface area contributed by atoms with E-state index in [-0.39, 0.29) is 12.7 Å². The molecule has 5 rings (SSSR count). The van der Waals surface area contributed by atoms with E-state index in [2.05, 4.69) is 43.3 Å². The molecule has 0 spiro atoms. The molecule has 1 unspecified atom stereocenters. The Morgan fingerprint density at radius 1 is 0.844 bits per heavy atom. The molecule has 0 aliphatic carbocycles. The number of nitrogens with zero attached hydrogens (tertiary/aromatic N) is 1. The minimum Gasteiger partial charge on any atom is -0.488 e. The SMILES string of the molecule is CCCc1ccc(CCc2nc(OCC3CCCCO3)cc(OCc3ccccc3)c2-c2ccc(OCC(=O)OC)cc2)cc1. The number of aromatic nitrogens is 1. The summed E-state index contributed by atoms with van der Waals surface area (Å²) in [5.74, 6) is 1.37. The molecule has 1 atom stereocenters. The van der Waals surface area contributed by atoms with E-state index < -0.39 is 5.97 Å². The van der Waals surface area contributed by atoms with E-state index in [1.165, 1.54) is 18.2 Å². The van der Waals surface area contributed by atoms with Crippen LogP contribution in [0.25, 0.3) is 11.1 Å². The molecule has 0 amide bonds. The second kappa shape index (κ2) is 16.6. The summed E-state index contributed by atoms with van der Waals surface area (Å²) in [7, 11) is 1.34. The molecule has 0 radical (unpaired) electrons. The lowest BCUT2D eigenvalue weighted by atomic mass is 9.97. The molecular formula is C38H43NO6. The van der Waals surface area contributed by atoms with Gasteiger partial charge in [0, 0.05) is 18.2 Å². The summed E-state index contributed by atoms with van der Waals surface area (Å²) < 4.78 is 29.0. The van der Waals surface area contributed by atoms with E-state index in [1.54, 1.807) is 0 Å². The first-order chi connectivity index (χ1) is 22.1. The van der Waals surface area contributed by atoms with Crippen molar-refractivity contribution in [3.05, 3.63) is 107 Å². The Morgan fingerprint density at radius 3 is 2.29 bits per heavy atom. The predicted molar refractivity (Wildman–Crippen MR) is 175 cm³/mol. The lowest BCUT2D eigenvalue weighted by Gasteiger charge is -2.23. The van der Waals surface area contributed by atoms with E-state index in [0.29, 0.717) is 37.0 Å². The zero-order valence-corrected chi connectivity index (χ0v) is 26.3. The van der Waals surface area contributed by atoms with E-state index in [0.717, 1.165) is 67.5 Å². The number of carbonyl (C=O) groups is 1. The van der Waals surface area contributed by atoms with Gasteiger partial charge in [0.05, 0.1) is 18.9 Å². The fourth-order valence-corrected chi connectivity index (χ4v) is 5.42. The summed E-state index contributed by atoms with van der Waals surface area (Å²) in [6, 6.07) is 28.5. The second-order valence-electron chi connectivity index (χ2n) is 11.3. The van der Waals surface area contributed by atoms with Gasteiger partial charge in [-0.15, -0.1) is 0 Å². The normalized spacial score (nSPS) is 14.5. The summed E-state index contributed by atoms with van der Waals surface area (Å²) in [4.78, 5) is 16.6. The number of pyridine rings is 1. The van der Waals surface area contributed by atoms with Crippen LogP contribution in [0, 0.1) is 0 Å². The largest absolute Gasteiger partial charge is 0.488 e. The average molecular weight is 610 g/mol. The van der Waals surface area contributed by atoms with Crippen molar-refractivity contribution in [2.24, 2.45) is 0 Å². The van der Waals surface area contributed by atoms with Crippen molar-refractivity contribution in [2.45, 2.75) is 64.6 Å². The Morgan fingerprint density at radius 2 is 1.60 bits per heavy atom. The van der Waals surface area contributed by atoms with Crippen molar-refractivity contribution >= 4 is 5.97 Å². The van der Waals surface area contributed by atoms with Crippen molar-refractivity contribution in [3.63, 3.8) is 0 Å². The average Bonchev–Trinajstić information content (AvgIpc) is 3.09. The topological polar surface area (TPSA) is 76.1 Å². The molecule has 0 bridgehead atoms. The number of methoxy groups -OCH3 is 1. The van der Waals surface area contributed by atoms with E-state index in [1.807, 2.05) is 48.5 Å². The molecule has 1 aliphatic heterocycles. The van der Waals surface area contributed by atoms with Gasteiger partial charge >= 0.3 is 5.97 Å². The molecule has 7 heteroatoms. The fourth-order valence-electron chi connectivity index (χ4n) is 5.42. The first-order valence-corrected chi connectivity index (χ1v) is 15.9. The Bertz CT molecular complexity index is 1480. The molecule has 45 heavy (non-hydrogen) atoms. The van der Waals surface area contributed by atoms with E-state index >= 15 is 0 Å². The molecule has 0 saturated carbocycles. The third-order valence-electron chi connectivity index (χ3n) is 7.90. The smallest absolute Gasteiger partial charge is 0.343 e. The quantitative estimate of drug-likeness (QED) is 0.129. The van der Waals surface area contributed by atoms with Gasteiger partial charge in [-0.25, -0.2) is 9.78 Å². The number of esters is 1. The van der Waals surface area contributed by atoms with E-state index in [9.17, 15) is 4.79 Å². The van der Waals surface area contributed by atoms with Crippen molar-refractivity contribution < 1.29 is 28.5 Å². The number of ether oxygens (including phenoxy) is 5. The number of hydrogen-bond donors (Lipinski definition) is 0. The Labute approximate surface area is 266 Å². The highest BCUT2D eigenvalue weighted by Crippen LogP contribution is 2.37. The zero-order chi connectivity index (χ0) is 31.3. The lowest BCUT2D eigenvalue weighted by molar-refractivity contribution is -0.142. The van der Waals surface area contributed by atoms with Gasteiger partial charge in [-0.1, -0.05) is 80.1 Å². The molecular weight excluding hydrogens is 566 g/mol. The van der Waals surface area contributed by atoms with Gasteiger partial charge < -0.3 is 23.7 Å². The molecule has 7 nitrogen and oxygen atoms in total. The number of hydrogen-bond acceptors (Lipinski definition) is 7. The lowest BCUT2D eigenvalue weighted by Crippen LogP contribution is -2.26. The van der Waals surface area contributed by atoms with Crippen LogP contribution < -0.4 is 14.2 Å². The number of aryl methyl sites for hydroxylation is 3. The van der Waals surface area contributed by atoms with Crippen LogP contribution in [-0.2, 0) is 40.1 Å². The number of rotatable bonds is 15. The molecule has 4 aromatic rings. The molecule has 1 saturated heterocycles. The molecule has 1 aromatic heterocycles. The second-order valence-corrected chi connectivity index (χ2v) is 11.3. The molecule has 2 heterocycles. The van der Waals surface area contributed by atoms with Gasteiger partial charge in [-0.2, -0.15) is 0 Å². The van der Waals surface area contributed by atoms with Crippen LogP contribution in [-0.4, -0.2) is 44.0 Å². The van der Waals surface area contributed by atoms with Crippen molar-refractivity contribution in [2.75, 3.05) is 26.9 Å². The maximum atomic E-state index is 11.6. The third kappa shape index (κ3) is 9.56. The molecule has 0 N–H and O–H groups in total. The first kappa shape index (κ1) is 32.0. The summed E-state index contributed by atoms with van der Waals surface area (Å²) in [5.41, 5.74) is 6.41. The van der Waals surface area contributed by atoms with Crippen LogP contribution in [0.2, 0.25) is 0 Å². The monoisotopic (exact) mass is 609 g/mol. The highest BCUT2D eigenvalue weighted by atomic mass is 16.6. The van der Waals surface area contributed by atoms with Gasteiger partial charge in [0.2, 0.25) is 5.88 Å². The van der Waals surface area contributed by atoms with Crippen LogP contribution in [0.5, 0.6) is 17.4 Å². The highest BCUT2D eigenvalue weighted by molar-refractivity contribution is 5.74. The minimum atomic E-state index is -0.431. The Hall–Kier alpha value is -4.36. The van der Waals surface area contributed by atoms with Crippen LogP contribution in [0.15, 0.2) is 84.9 Å². The fraction of sp³-hybridized carbons (Fsp3) is 0.368. The summed E-state index contributed by atoms with van der Waals surface area (Å²) >= 11 is 0. The molecule has 3 aromatic carbocycles. The summed E-state index contributed by atoms with van der Waals surface area (Å²) in [6.45, 7) is 3.68. The van der Waals surface area contributed by atoms with Crippen LogP contribution in [0.3, 0.4) is 0 Å². The standard InChI is InChI=1S/C38H43NO6/c1-3-9-28-13-15-29(16-14-28)17-22-34-38(31-18-20-32(21-19-31)43-27-37(40)41-2)35(44-25-30-10-5-4-6-11-30)24-36(39-34)45-26-33-12-7-8-23-42-33/h4-6,10-11,13-16,18-21,24,33H,3,7-9,12,17,22-23,25-27H2,1-2H3. The summed E-state index contributed by atoms with van der Waals surface area (Å²) in [5, 5.41) is 0. The maximum Gasteiger partial charge on any atom is 0.343 e. The summed E-state index contributed by atoms with van der Waals surface area (Å²) in [6.07, 6.45) is 7.02. The zero-order valence-electron chi connectivity index (χ0n) is 26.3.